The molecule has 0 saturated heterocycles. The van der Waals surface area contributed by atoms with Crippen molar-refractivity contribution in [3.63, 3.8) is 0 Å². The molecule has 0 fully saturated rings. The van der Waals surface area contributed by atoms with E-state index in [1.165, 1.54) is 19.2 Å². The monoisotopic (exact) mass is 511 g/mol. The van der Waals surface area contributed by atoms with Gasteiger partial charge in [0.1, 0.15) is 18.2 Å². The van der Waals surface area contributed by atoms with Crippen molar-refractivity contribution >= 4 is 21.6 Å². The van der Waals surface area contributed by atoms with E-state index in [1.54, 1.807) is 18.2 Å². The zero-order chi connectivity index (χ0) is 23.7. The summed E-state index contributed by atoms with van der Waals surface area (Å²) in [5, 5.41) is 27.8. The van der Waals surface area contributed by atoms with Crippen LogP contribution in [0.1, 0.15) is 28.3 Å². The minimum Gasteiger partial charge on any atom is -0.493 e. The Balaban J connectivity index is 1.71. The van der Waals surface area contributed by atoms with Gasteiger partial charge in [-0.2, -0.15) is 5.26 Å². The van der Waals surface area contributed by atoms with Crippen molar-refractivity contribution in [1.82, 2.24) is 10.2 Å². The first kappa shape index (κ1) is 22.2. The number of allylic oxidation sites excluding steroid dienone is 1. The van der Waals surface area contributed by atoms with Crippen LogP contribution in [0.15, 0.2) is 52.3 Å². The molecule has 0 amide bonds. The van der Waals surface area contributed by atoms with Crippen molar-refractivity contribution in [2.24, 2.45) is 5.73 Å². The molecular weight excluding hydrogens is 494 g/mol. The highest BCUT2D eigenvalue weighted by atomic mass is 79.9. The molecule has 0 saturated carbocycles. The van der Waals surface area contributed by atoms with Crippen LogP contribution in [0.3, 0.4) is 0 Å². The predicted octanol–water partition coefficient (Wildman–Crippen LogP) is 4.19. The number of ether oxygens (including phenoxy) is 3. The molecule has 1 aliphatic rings. The molecule has 1 unspecified atom stereocenters. The molecule has 0 spiro atoms. The van der Waals surface area contributed by atoms with Crippen LogP contribution in [-0.2, 0) is 6.61 Å². The highest BCUT2D eigenvalue weighted by Crippen LogP contribution is 2.46. The molecule has 3 N–H and O–H groups in total. The summed E-state index contributed by atoms with van der Waals surface area (Å²) >= 11 is 3.52. The number of nitro groups is 1. The Morgan fingerprint density at radius 1 is 1.39 bits per heavy atom. The number of aromatic amines is 1. The minimum absolute atomic E-state index is 0.0115. The maximum Gasteiger partial charge on any atom is 0.269 e. The van der Waals surface area contributed by atoms with E-state index < -0.39 is 10.8 Å². The lowest BCUT2D eigenvalue weighted by molar-refractivity contribution is -0.384. The number of nitrogens with one attached hydrogen (secondary N) is 1. The lowest BCUT2D eigenvalue weighted by atomic mass is 9.84. The molecule has 0 radical (unpaired) electrons. The lowest BCUT2D eigenvalue weighted by Crippen LogP contribution is -2.21. The Kier molecular flexibility index (Phi) is 5.93. The van der Waals surface area contributed by atoms with Gasteiger partial charge < -0.3 is 19.9 Å². The first-order chi connectivity index (χ1) is 15.8. The molecule has 33 heavy (non-hydrogen) atoms. The standard InChI is InChI=1S/C22H18BrN5O5/c1-11-18-19(15(9-24)21(25)33-22(18)27-26-11)13-7-16(23)20(17(8-13)31-2)32-10-12-4-3-5-14(6-12)28(29)30/h3-8,19H,10,25H2,1-2H3,(H,26,27). The SMILES string of the molecule is COc1cc(C2C(C#N)=C(N)Oc3n[nH]c(C)c32)cc(Br)c1OCc1cccc([N+](=O)[O-])c1. The van der Waals surface area contributed by atoms with Crippen LogP contribution < -0.4 is 19.9 Å². The number of benzene rings is 2. The molecule has 1 aliphatic heterocycles. The van der Waals surface area contributed by atoms with Gasteiger partial charge >= 0.3 is 0 Å². The summed E-state index contributed by atoms with van der Waals surface area (Å²) in [4.78, 5) is 10.6. The van der Waals surface area contributed by atoms with E-state index in [-0.39, 0.29) is 23.8 Å². The summed E-state index contributed by atoms with van der Waals surface area (Å²) in [5.41, 5.74) is 9.03. The fraction of sp³-hybridized carbons (Fsp3) is 0.182. The zero-order valence-electron chi connectivity index (χ0n) is 17.6. The quantitative estimate of drug-likeness (QED) is 0.369. The van der Waals surface area contributed by atoms with Gasteiger partial charge in [0.15, 0.2) is 11.5 Å². The van der Waals surface area contributed by atoms with Crippen LogP contribution in [0.4, 0.5) is 5.69 Å². The number of nitro benzene ring substituents is 1. The second-order valence-corrected chi connectivity index (χ2v) is 8.10. The van der Waals surface area contributed by atoms with E-state index in [4.69, 9.17) is 19.9 Å². The fourth-order valence-corrected chi connectivity index (χ4v) is 4.27. The van der Waals surface area contributed by atoms with Crippen molar-refractivity contribution in [1.29, 1.82) is 5.26 Å². The van der Waals surface area contributed by atoms with E-state index in [1.807, 2.05) is 13.0 Å². The maximum atomic E-state index is 11.0. The normalized spacial score (nSPS) is 14.8. The Morgan fingerprint density at radius 3 is 2.88 bits per heavy atom. The summed E-state index contributed by atoms with van der Waals surface area (Å²) in [6.45, 7) is 1.93. The van der Waals surface area contributed by atoms with Crippen LogP contribution >= 0.6 is 15.9 Å². The number of H-pyrrole nitrogens is 1. The number of non-ortho nitro benzene ring substituents is 1. The van der Waals surface area contributed by atoms with Crippen molar-refractivity contribution in [2.45, 2.75) is 19.4 Å². The van der Waals surface area contributed by atoms with Crippen molar-refractivity contribution < 1.29 is 19.1 Å². The number of fused-ring (bicyclic) bond motifs is 1. The van der Waals surface area contributed by atoms with Gasteiger partial charge in [0, 0.05) is 23.4 Å². The third-order valence-corrected chi connectivity index (χ3v) is 5.81. The predicted molar refractivity (Wildman–Crippen MR) is 121 cm³/mol. The largest absolute Gasteiger partial charge is 0.493 e. The molecule has 2 aromatic carbocycles. The molecule has 10 nitrogen and oxygen atoms in total. The van der Waals surface area contributed by atoms with Gasteiger partial charge in [-0.3, -0.25) is 15.2 Å². The van der Waals surface area contributed by atoms with Crippen LogP contribution in [0, 0.1) is 28.4 Å². The number of halogens is 1. The van der Waals surface area contributed by atoms with Crippen molar-refractivity contribution in [3.05, 3.63) is 84.8 Å². The molecule has 4 rings (SSSR count). The minimum atomic E-state index is -0.520. The zero-order valence-corrected chi connectivity index (χ0v) is 19.2. The average Bonchev–Trinajstić information content (AvgIpc) is 3.16. The van der Waals surface area contributed by atoms with Gasteiger partial charge in [0.2, 0.25) is 11.8 Å². The van der Waals surface area contributed by atoms with Gasteiger partial charge in [-0.05, 0) is 46.1 Å². The summed E-state index contributed by atoms with van der Waals surface area (Å²) in [5.74, 6) is 0.612. The number of hydrogen-bond donors (Lipinski definition) is 2. The Morgan fingerprint density at radius 2 is 2.18 bits per heavy atom. The van der Waals surface area contributed by atoms with E-state index in [0.717, 1.165) is 11.3 Å². The lowest BCUT2D eigenvalue weighted by Gasteiger charge is -2.25. The molecule has 3 aromatic rings. The number of hydrogen-bond acceptors (Lipinski definition) is 8. The number of nitrogens with two attached hydrogens (primary N) is 1. The van der Waals surface area contributed by atoms with Gasteiger partial charge in [-0.15, -0.1) is 5.10 Å². The smallest absolute Gasteiger partial charge is 0.269 e. The molecule has 0 aliphatic carbocycles. The number of methoxy groups -OCH3 is 1. The first-order valence-corrected chi connectivity index (χ1v) is 10.5. The average molecular weight is 512 g/mol. The van der Waals surface area contributed by atoms with Crippen molar-refractivity contribution in [3.8, 4) is 23.4 Å². The Hall–Kier alpha value is -4.04. The summed E-state index contributed by atoms with van der Waals surface area (Å²) < 4.78 is 17.6. The van der Waals surface area contributed by atoms with Crippen molar-refractivity contribution in [2.75, 3.05) is 7.11 Å². The van der Waals surface area contributed by atoms with Gasteiger partial charge in [0.25, 0.3) is 5.69 Å². The molecule has 2 heterocycles. The number of aromatic nitrogens is 2. The highest BCUT2D eigenvalue weighted by Gasteiger charge is 2.35. The summed E-state index contributed by atoms with van der Waals surface area (Å²) in [6, 6.07) is 11.9. The third-order valence-electron chi connectivity index (χ3n) is 5.22. The highest BCUT2D eigenvalue weighted by molar-refractivity contribution is 9.10. The van der Waals surface area contributed by atoms with Crippen LogP contribution in [0.25, 0.3) is 0 Å². The fourth-order valence-electron chi connectivity index (χ4n) is 3.69. The van der Waals surface area contributed by atoms with E-state index >= 15 is 0 Å². The van der Waals surface area contributed by atoms with E-state index in [0.29, 0.717) is 33.0 Å². The molecule has 0 bridgehead atoms. The number of aryl methyl sites for hydroxylation is 1. The van der Waals surface area contributed by atoms with Gasteiger partial charge in [-0.25, -0.2) is 0 Å². The number of rotatable bonds is 6. The second kappa shape index (κ2) is 8.84. The molecule has 1 aromatic heterocycles. The van der Waals surface area contributed by atoms with Gasteiger partial charge in [0.05, 0.1) is 22.4 Å². The third kappa shape index (κ3) is 4.08. The molecule has 11 heteroatoms. The maximum absolute atomic E-state index is 11.0. The Bertz CT molecular complexity index is 1330. The van der Waals surface area contributed by atoms with E-state index in [2.05, 4.69) is 32.2 Å². The topological polar surface area (TPSA) is 149 Å². The Labute approximate surface area is 196 Å². The molecule has 168 valence electrons. The van der Waals surface area contributed by atoms with Crippen LogP contribution in [0.2, 0.25) is 0 Å². The summed E-state index contributed by atoms with van der Waals surface area (Å²) in [7, 11) is 1.50. The molecule has 1 atom stereocenters. The number of nitrogens with zero attached hydrogens (tertiary/aromatic N) is 3. The van der Waals surface area contributed by atoms with Crippen LogP contribution in [-0.4, -0.2) is 22.2 Å². The number of nitriles is 1. The second-order valence-electron chi connectivity index (χ2n) is 7.24. The summed E-state index contributed by atoms with van der Waals surface area (Å²) in [6.07, 6.45) is 0. The van der Waals surface area contributed by atoms with E-state index in [9.17, 15) is 15.4 Å². The molecular formula is C22H18BrN5O5. The van der Waals surface area contributed by atoms with Crippen LogP contribution in [0.5, 0.6) is 17.4 Å². The van der Waals surface area contributed by atoms with Gasteiger partial charge in [-0.1, -0.05) is 12.1 Å². The first-order valence-electron chi connectivity index (χ1n) is 9.70.